The summed E-state index contributed by atoms with van der Waals surface area (Å²) in [4.78, 5) is 27.1. The largest absolute Gasteiger partial charge is 0.480 e. The zero-order valence-corrected chi connectivity index (χ0v) is 20.2. The highest BCUT2D eigenvalue weighted by Gasteiger charge is 2.44. The molecule has 0 radical (unpaired) electrons. The highest BCUT2D eigenvalue weighted by molar-refractivity contribution is 7.80. The van der Waals surface area contributed by atoms with Crippen molar-refractivity contribution in [2.75, 3.05) is 13.1 Å². The van der Waals surface area contributed by atoms with E-state index < -0.39 is 23.0 Å². The minimum absolute atomic E-state index is 0.303. The Bertz CT molecular complexity index is 975. The van der Waals surface area contributed by atoms with Gasteiger partial charge >= 0.3 is 12.1 Å². The number of hydrogen-bond acceptors (Lipinski definition) is 4. The second-order valence-electron chi connectivity index (χ2n) is 9.51. The third-order valence-corrected chi connectivity index (χ3v) is 6.30. The van der Waals surface area contributed by atoms with Crippen LogP contribution in [0.15, 0.2) is 60.7 Å². The van der Waals surface area contributed by atoms with Gasteiger partial charge in [-0.1, -0.05) is 72.9 Å². The first-order valence-corrected chi connectivity index (χ1v) is 11.6. The van der Waals surface area contributed by atoms with Crippen molar-refractivity contribution in [3.8, 4) is 0 Å². The molecule has 2 aromatic rings. The summed E-state index contributed by atoms with van der Waals surface area (Å²) in [5, 5.41) is 13.0. The molecule has 1 amide bonds. The van der Waals surface area contributed by atoms with Crippen LogP contribution in [-0.4, -0.2) is 51.8 Å². The minimum atomic E-state index is -0.968. The smallest absolute Gasteiger partial charge is 0.410 e. The number of carboxylic acids is 1. The zero-order valence-electron chi connectivity index (χ0n) is 19.4. The molecular formula is C26H32N2O4S. The van der Waals surface area contributed by atoms with E-state index in [0.717, 1.165) is 17.5 Å². The Balaban J connectivity index is 1.89. The first-order valence-electron chi connectivity index (χ1n) is 11.2. The van der Waals surface area contributed by atoms with Crippen LogP contribution in [0.1, 0.15) is 44.7 Å². The van der Waals surface area contributed by atoms with Crippen molar-refractivity contribution in [1.82, 2.24) is 10.2 Å². The van der Waals surface area contributed by atoms with Gasteiger partial charge in [0.2, 0.25) is 0 Å². The lowest BCUT2D eigenvalue weighted by atomic mass is 9.73. The summed E-state index contributed by atoms with van der Waals surface area (Å²) in [6, 6.07) is 18.4. The molecule has 1 unspecified atom stereocenters. The van der Waals surface area contributed by atoms with E-state index in [-0.39, 0.29) is 6.09 Å². The number of nitrogens with one attached hydrogen (secondary N) is 1. The summed E-state index contributed by atoms with van der Waals surface area (Å²) in [6.45, 7) is 6.42. The molecule has 6 nitrogen and oxygen atoms in total. The standard InChI is InChI=1S/C26H32N2O4S/c1-25(2,3)32-24(31)28-16-10-15-26(18-28,20-13-8-5-9-14-20)23(33)27-21(22(29)30)17-19-11-6-4-7-12-19/h4-9,11-14,21H,10,15-18H2,1-3H3,(H,27,33)(H,29,30)/t21-,26?/m0/s1. The number of likely N-dealkylation sites (tertiary alicyclic amines) is 1. The summed E-state index contributed by atoms with van der Waals surface area (Å²) in [5.41, 5.74) is 0.565. The molecule has 1 heterocycles. The van der Waals surface area contributed by atoms with E-state index in [4.69, 9.17) is 17.0 Å². The molecule has 0 aliphatic carbocycles. The van der Waals surface area contributed by atoms with E-state index in [1.54, 1.807) is 4.90 Å². The van der Waals surface area contributed by atoms with Crippen molar-refractivity contribution >= 4 is 29.3 Å². The molecule has 176 valence electrons. The molecule has 0 bridgehead atoms. The molecule has 1 aliphatic heterocycles. The number of nitrogens with zero attached hydrogens (tertiary/aromatic N) is 1. The fourth-order valence-corrected chi connectivity index (χ4v) is 4.62. The zero-order chi connectivity index (χ0) is 24.1. The third kappa shape index (κ3) is 6.32. The normalized spacial score (nSPS) is 19.4. The van der Waals surface area contributed by atoms with Gasteiger partial charge in [0, 0.05) is 19.5 Å². The number of benzene rings is 2. The highest BCUT2D eigenvalue weighted by Crippen LogP contribution is 2.36. The molecule has 2 aromatic carbocycles. The number of aliphatic carboxylic acids is 1. The van der Waals surface area contributed by atoms with Gasteiger partial charge < -0.3 is 20.1 Å². The van der Waals surface area contributed by atoms with Crippen LogP contribution >= 0.6 is 12.2 Å². The molecule has 0 saturated carbocycles. The Morgan fingerprint density at radius 1 is 1.12 bits per heavy atom. The van der Waals surface area contributed by atoms with Crippen molar-refractivity contribution in [1.29, 1.82) is 0 Å². The van der Waals surface area contributed by atoms with Gasteiger partial charge in [0.15, 0.2) is 0 Å². The maximum absolute atomic E-state index is 12.9. The molecule has 2 N–H and O–H groups in total. The summed E-state index contributed by atoms with van der Waals surface area (Å²) < 4.78 is 5.61. The molecule has 0 spiro atoms. The van der Waals surface area contributed by atoms with Crippen molar-refractivity contribution in [2.24, 2.45) is 0 Å². The number of ether oxygens (including phenoxy) is 1. The number of piperidine rings is 1. The van der Waals surface area contributed by atoms with Crippen LogP contribution in [-0.2, 0) is 21.4 Å². The van der Waals surface area contributed by atoms with E-state index in [0.29, 0.717) is 30.9 Å². The summed E-state index contributed by atoms with van der Waals surface area (Å²) in [6.07, 6.45) is 1.35. The van der Waals surface area contributed by atoms with Crippen LogP contribution in [0.25, 0.3) is 0 Å². The van der Waals surface area contributed by atoms with Gasteiger partial charge in [0.05, 0.1) is 10.4 Å². The van der Waals surface area contributed by atoms with Crippen LogP contribution in [0.3, 0.4) is 0 Å². The van der Waals surface area contributed by atoms with Crippen LogP contribution in [0, 0.1) is 0 Å². The van der Waals surface area contributed by atoms with Crippen LogP contribution in [0.5, 0.6) is 0 Å². The van der Waals surface area contributed by atoms with Crippen LogP contribution in [0.4, 0.5) is 4.79 Å². The molecule has 1 saturated heterocycles. The van der Waals surface area contributed by atoms with Crippen molar-refractivity contribution in [3.63, 3.8) is 0 Å². The number of thiocarbonyl (C=S) groups is 1. The van der Waals surface area contributed by atoms with Crippen molar-refractivity contribution in [2.45, 2.75) is 57.1 Å². The summed E-state index contributed by atoms with van der Waals surface area (Å²) >= 11 is 5.88. The van der Waals surface area contributed by atoms with Gasteiger partial charge in [-0.15, -0.1) is 0 Å². The lowest BCUT2D eigenvalue weighted by Gasteiger charge is -2.44. The first-order chi connectivity index (χ1) is 15.6. The Labute approximate surface area is 200 Å². The number of carboxylic acid groups (broad SMARTS) is 1. The quantitative estimate of drug-likeness (QED) is 0.605. The van der Waals surface area contributed by atoms with Crippen molar-refractivity contribution in [3.05, 3.63) is 71.8 Å². The summed E-state index contributed by atoms with van der Waals surface area (Å²) in [5.74, 6) is -0.968. The van der Waals surface area contributed by atoms with Gasteiger partial charge in [-0.2, -0.15) is 0 Å². The van der Waals surface area contributed by atoms with E-state index in [2.05, 4.69) is 5.32 Å². The second kappa shape index (κ2) is 10.3. The Morgan fingerprint density at radius 2 is 1.73 bits per heavy atom. The van der Waals surface area contributed by atoms with E-state index in [1.165, 1.54) is 0 Å². The van der Waals surface area contributed by atoms with Crippen molar-refractivity contribution < 1.29 is 19.4 Å². The predicted molar refractivity (Wildman–Crippen MR) is 132 cm³/mol. The fraction of sp³-hybridized carbons (Fsp3) is 0.423. The van der Waals surface area contributed by atoms with Gasteiger partial charge in [-0.05, 0) is 44.7 Å². The Hall–Kier alpha value is -2.93. The number of carbonyl (C=O) groups excluding carboxylic acids is 1. The molecule has 33 heavy (non-hydrogen) atoms. The molecule has 0 aromatic heterocycles. The van der Waals surface area contributed by atoms with Crippen LogP contribution in [0.2, 0.25) is 0 Å². The predicted octanol–water partition coefficient (Wildman–Crippen LogP) is 4.57. The topological polar surface area (TPSA) is 78.9 Å². The highest BCUT2D eigenvalue weighted by atomic mass is 32.1. The molecule has 2 atom stereocenters. The minimum Gasteiger partial charge on any atom is -0.480 e. The molecule has 3 rings (SSSR count). The summed E-state index contributed by atoms with van der Waals surface area (Å²) in [7, 11) is 0. The number of rotatable bonds is 6. The van der Waals surface area contributed by atoms with E-state index >= 15 is 0 Å². The van der Waals surface area contributed by atoms with Gasteiger partial charge in [-0.25, -0.2) is 9.59 Å². The Morgan fingerprint density at radius 3 is 2.30 bits per heavy atom. The first kappa shape index (κ1) is 24.7. The third-order valence-electron chi connectivity index (χ3n) is 5.79. The Kier molecular flexibility index (Phi) is 7.74. The average molecular weight is 469 g/mol. The molecule has 1 aliphatic rings. The lowest BCUT2D eigenvalue weighted by Crippen LogP contribution is -2.58. The van der Waals surface area contributed by atoms with Gasteiger partial charge in [0.25, 0.3) is 0 Å². The maximum atomic E-state index is 12.9. The molecular weight excluding hydrogens is 436 g/mol. The monoisotopic (exact) mass is 468 g/mol. The second-order valence-corrected chi connectivity index (χ2v) is 9.92. The molecule has 7 heteroatoms. The van der Waals surface area contributed by atoms with Gasteiger partial charge in [-0.3, -0.25) is 0 Å². The number of hydrogen-bond donors (Lipinski definition) is 2. The molecule has 1 fully saturated rings. The van der Waals surface area contributed by atoms with E-state index in [9.17, 15) is 14.7 Å². The maximum Gasteiger partial charge on any atom is 0.410 e. The van der Waals surface area contributed by atoms with E-state index in [1.807, 2.05) is 81.4 Å². The fourth-order valence-electron chi connectivity index (χ4n) is 4.19. The SMILES string of the molecule is CC(C)(C)OC(=O)N1CCCC(C(=S)N[C@@H](Cc2ccccc2)C(=O)O)(c2ccccc2)C1. The number of amides is 1. The number of carbonyl (C=O) groups is 2. The lowest BCUT2D eigenvalue weighted by molar-refractivity contribution is -0.139. The van der Waals surface area contributed by atoms with Gasteiger partial charge in [0.1, 0.15) is 11.6 Å². The average Bonchev–Trinajstić information content (AvgIpc) is 2.78. The van der Waals surface area contributed by atoms with Crippen LogP contribution < -0.4 is 5.32 Å².